The molecule has 0 aromatic carbocycles. The zero-order valence-electron chi connectivity index (χ0n) is 5.76. The number of aliphatic hydroxyl groups is 1. The molecule has 58 valence electrons. The van der Waals surface area contributed by atoms with Gasteiger partial charge in [-0.2, -0.15) is 0 Å². The molecule has 4 nitrogen and oxygen atoms in total. The Morgan fingerprint density at radius 3 is 2.70 bits per heavy atom. The van der Waals surface area contributed by atoms with Gasteiger partial charge in [-0.05, 0) is 6.42 Å². The Hall–Kier alpha value is -0.610. The first kappa shape index (κ1) is 7.50. The lowest BCUT2D eigenvalue weighted by Gasteiger charge is -2.23. The fourth-order valence-corrected chi connectivity index (χ4v) is 1.11. The second kappa shape index (κ2) is 2.56. The van der Waals surface area contributed by atoms with E-state index in [0.29, 0.717) is 19.4 Å². The summed E-state index contributed by atoms with van der Waals surface area (Å²) < 4.78 is 0. The van der Waals surface area contributed by atoms with Gasteiger partial charge >= 0.3 is 0 Å². The van der Waals surface area contributed by atoms with Gasteiger partial charge in [-0.15, -0.1) is 0 Å². The van der Waals surface area contributed by atoms with Crippen molar-refractivity contribution in [1.82, 2.24) is 5.32 Å². The lowest BCUT2D eigenvalue weighted by molar-refractivity contribution is -0.120. The van der Waals surface area contributed by atoms with Crippen LogP contribution in [0, 0.1) is 0 Å². The van der Waals surface area contributed by atoms with E-state index >= 15 is 0 Å². The van der Waals surface area contributed by atoms with Gasteiger partial charge in [-0.25, -0.2) is 0 Å². The molecule has 4 N–H and O–H groups in total. The number of amides is 1. The van der Waals surface area contributed by atoms with Crippen molar-refractivity contribution < 1.29 is 9.90 Å². The van der Waals surface area contributed by atoms with Crippen LogP contribution in [-0.2, 0) is 4.79 Å². The van der Waals surface area contributed by atoms with Gasteiger partial charge in [0.2, 0.25) is 5.91 Å². The molecule has 1 atom stereocenters. The van der Waals surface area contributed by atoms with Crippen LogP contribution in [-0.4, -0.2) is 29.7 Å². The highest BCUT2D eigenvalue weighted by molar-refractivity contribution is 5.79. The molecule has 1 unspecified atom stereocenters. The maximum atomic E-state index is 10.7. The van der Waals surface area contributed by atoms with Crippen LogP contribution in [0.1, 0.15) is 12.8 Å². The van der Waals surface area contributed by atoms with Crippen LogP contribution in [0.2, 0.25) is 0 Å². The third kappa shape index (κ3) is 1.12. The third-order valence-electron chi connectivity index (χ3n) is 1.93. The van der Waals surface area contributed by atoms with E-state index in [1.54, 1.807) is 0 Å². The summed E-state index contributed by atoms with van der Waals surface area (Å²) in [7, 11) is 0. The molecule has 0 spiro atoms. The maximum Gasteiger partial charge on any atom is 0.220 e. The van der Waals surface area contributed by atoms with Gasteiger partial charge in [0.25, 0.3) is 0 Å². The van der Waals surface area contributed by atoms with E-state index in [9.17, 15) is 4.79 Å². The first-order valence-corrected chi connectivity index (χ1v) is 3.34. The number of aliphatic hydroxyl groups excluding tert-OH is 1. The molecule has 1 aliphatic rings. The topological polar surface area (TPSA) is 75.3 Å². The summed E-state index contributed by atoms with van der Waals surface area (Å²) in [6, 6.07) is 0. The minimum atomic E-state index is -0.517. The normalized spacial score (nSPS) is 32.4. The highest BCUT2D eigenvalue weighted by Gasteiger charge is 2.35. The number of hydrogen-bond acceptors (Lipinski definition) is 3. The van der Waals surface area contributed by atoms with Gasteiger partial charge in [0.05, 0.1) is 12.1 Å². The van der Waals surface area contributed by atoms with Crippen molar-refractivity contribution in [2.24, 2.45) is 5.73 Å². The van der Waals surface area contributed by atoms with Crippen LogP contribution in [0.4, 0.5) is 0 Å². The van der Waals surface area contributed by atoms with Gasteiger partial charge in [0.15, 0.2) is 0 Å². The summed E-state index contributed by atoms with van der Waals surface area (Å²) in [5.74, 6) is -0.0144. The zero-order valence-corrected chi connectivity index (χ0v) is 5.76. The van der Waals surface area contributed by atoms with E-state index < -0.39 is 5.54 Å². The Morgan fingerprint density at radius 2 is 2.50 bits per heavy atom. The Labute approximate surface area is 59.4 Å². The molecule has 1 aliphatic heterocycles. The Bertz CT molecular complexity index is 143. The van der Waals surface area contributed by atoms with E-state index in [1.807, 2.05) is 0 Å². The summed E-state index contributed by atoms with van der Waals surface area (Å²) >= 11 is 0. The lowest BCUT2D eigenvalue weighted by Crippen LogP contribution is -2.50. The first-order chi connectivity index (χ1) is 4.72. The average molecular weight is 144 g/mol. The van der Waals surface area contributed by atoms with Crippen molar-refractivity contribution in [1.29, 1.82) is 0 Å². The molecule has 0 saturated carbocycles. The summed E-state index contributed by atoms with van der Waals surface area (Å²) in [6.45, 7) is 0.254. The molecule has 1 amide bonds. The van der Waals surface area contributed by atoms with Gasteiger partial charge in [-0.3, -0.25) is 4.79 Å². The minimum Gasteiger partial charge on any atom is -0.394 e. The van der Waals surface area contributed by atoms with Crippen molar-refractivity contribution in [3.8, 4) is 0 Å². The average Bonchev–Trinajstić information content (AvgIpc) is 2.33. The summed E-state index contributed by atoms with van der Waals surface area (Å²) in [4.78, 5) is 10.7. The second-order valence-electron chi connectivity index (χ2n) is 2.69. The molecule has 1 rings (SSSR count). The van der Waals surface area contributed by atoms with Crippen LogP contribution < -0.4 is 11.1 Å². The smallest absolute Gasteiger partial charge is 0.220 e. The van der Waals surface area contributed by atoms with Crippen molar-refractivity contribution in [2.45, 2.75) is 18.4 Å². The molecule has 0 aromatic rings. The number of rotatable bonds is 2. The van der Waals surface area contributed by atoms with Gasteiger partial charge in [0, 0.05) is 13.0 Å². The Balaban J connectivity index is 2.59. The number of carbonyl (C=O) groups is 1. The number of hydrogen-bond donors (Lipinski definition) is 3. The Kier molecular flexibility index (Phi) is 1.92. The molecule has 10 heavy (non-hydrogen) atoms. The molecule has 0 radical (unpaired) electrons. The number of carbonyl (C=O) groups excluding carboxylic acids is 1. The maximum absolute atomic E-state index is 10.7. The summed E-state index contributed by atoms with van der Waals surface area (Å²) in [5, 5.41) is 11.5. The van der Waals surface area contributed by atoms with Crippen LogP contribution in [0.15, 0.2) is 0 Å². The molecular weight excluding hydrogens is 132 g/mol. The molecule has 0 aromatic heterocycles. The molecule has 1 saturated heterocycles. The largest absolute Gasteiger partial charge is 0.394 e. The SMILES string of the molecule is NCC1(CO)CCC(=O)N1. The number of nitrogens with two attached hydrogens (primary N) is 1. The highest BCUT2D eigenvalue weighted by atomic mass is 16.3. The van der Waals surface area contributed by atoms with Crippen LogP contribution in [0.25, 0.3) is 0 Å². The van der Waals surface area contributed by atoms with E-state index in [2.05, 4.69) is 5.32 Å². The van der Waals surface area contributed by atoms with E-state index in [4.69, 9.17) is 10.8 Å². The third-order valence-corrected chi connectivity index (χ3v) is 1.93. The summed E-state index contributed by atoms with van der Waals surface area (Å²) in [5.41, 5.74) is 4.85. The second-order valence-corrected chi connectivity index (χ2v) is 2.69. The number of nitrogens with one attached hydrogen (secondary N) is 1. The van der Waals surface area contributed by atoms with E-state index in [0.717, 1.165) is 0 Å². The van der Waals surface area contributed by atoms with Gasteiger partial charge in [-0.1, -0.05) is 0 Å². The summed E-state index contributed by atoms with van der Waals surface area (Å²) in [6.07, 6.45) is 1.14. The molecule has 0 aliphatic carbocycles. The molecule has 4 heteroatoms. The quantitative estimate of drug-likeness (QED) is 0.445. The zero-order chi connectivity index (χ0) is 7.61. The fourth-order valence-electron chi connectivity index (χ4n) is 1.11. The van der Waals surface area contributed by atoms with E-state index in [-0.39, 0.29) is 12.5 Å². The first-order valence-electron chi connectivity index (χ1n) is 3.34. The highest BCUT2D eigenvalue weighted by Crippen LogP contribution is 2.17. The molecule has 1 fully saturated rings. The van der Waals surface area contributed by atoms with Crippen molar-refractivity contribution in [3.05, 3.63) is 0 Å². The van der Waals surface area contributed by atoms with E-state index in [1.165, 1.54) is 0 Å². The minimum absolute atomic E-state index is 0.0144. The standard InChI is InChI=1S/C6H12N2O2/c7-3-6(4-9)2-1-5(10)8-6/h9H,1-4,7H2,(H,8,10). The van der Waals surface area contributed by atoms with Gasteiger partial charge < -0.3 is 16.2 Å². The van der Waals surface area contributed by atoms with Gasteiger partial charge in [0.1, 0.15) is 0 Å². The molecule has 1 heterocycles. The van der Waals surface area contributed by atoms with Crippen molar-refractivity contribution in [2.75, 3.05) is 13.2 Å². The predicted molar refractivity (Wildman–Crippen MR) is 36.2 cm³/mol. The van der Waals surface area contributed by atoms with Crippen molar-refractivity contribution in [3.63, 3.8) is 0 Å². The van der Waals surface area contributed by atoms with Crippen LogP contribution >= 0.6 is 0 Å². The Morgan fingerprint density at radius 1 is 1.80 bits per heavy atom. The van der Waals surface area contributed by atoms with Crippen LogP contribution in [0.5, 0.6) is 0 Å². The van der Waals surface area contributed by atoms with Crippen molar-refractivity contribution >= 4 is 5.91 Å². The molecule has 0 bridgehead atoms. The monoisotopic (exact) mass is 144 g/mol. The van der Waals surface area contributed by atoms with Crippen LogP contribution in [0.3, 0.4) is 0 Å². The lowest BCUT2D eigenvalue weighted by atomic mass is 9.99. The predicted octanol–water partition coefficient (Wildman–Crippen LogP) is -1.41. The fraction of sp³-hybridized carbons (Fsp3) is 0.833. The molecular formula is C6H12N2O2.